The highest BCUT2D eigenvalue weighted by Gasteiger charge is 2.22. The first-order chi connectivity index (χ1) is 7.25. The fraction of sp³-hybridized carbons (Fsp3) is 0.538. The van der Waals surface area contributed by atoms with E-state index in [0.717, 1.165) is 6.42 Å². The minimum absolute atomic E-state index is 0.334. The molecule has 82 valence electrons. The van der Waals surface area contributed by atoms with Gasteiger partial charge < -0.3 is 5.73 Å². The van der Waals surface area contributed by atoms with Crippen LogP contribution in [0.5, 0.6) is 0 Å². The Hall–Kier alpha value is -0.470. The molecule has 0 saturated carbocycles. The van der Waals surface area contributed by atoms with Gasteiger partial charge in [-0.3, -0.25) is 0 Å². The maximum absolute atomic E-state index is 6.23. The Morgan fingerprint density at radius 3 is 2.73 bits per heavy atom. The maximum atomic E-state index is 6.23. The average molecular weight is 221 g/mol. The first-order valence-corrected chi connectivity index (χ1v) is 6.73. The third-order valence-corrected chi connectivity index (χ3v) is 4.57. The maximum Gasteiger partial charge on any atom is 0.0202 e. The predicted molar refractivity (Wildman–Crippen MR) is 68.3 cm³/mol. The summed E-state index contributed by atoms with van der Waals surface area (Å²) in [4.78, 5) is 0. The number of aryl methyl sites for hydroxylation is 1. The largest absolute Gasteiger partial charge is 0.326 e. The van der Waals surface area contributed by atoms with Crippen molar-refractivity contribution >= 4 is 11.8 Å². The van der Waals surface area contributed by atoms with Crippen LogP contribution in [-0.2, 0) is 6.42 Å². The summed E-state index contributed by atoms with van der Waals surface area (Å²) in [5.74, 6) is 1.30. The van der Waals surface area contributed by atoms with Crippen molar-refractivity contribution in [1.29, 1.82) is 0 Å². The number of benzene rings is 1. The Labute approximate surface area is 96.4 Å². The number of nitrogens with two attached hydrogens (primary N) is 1. The van der Waals surface area contributed by atoms with E-state index in [9.17, 15) is 0 Å². The first kappa shape index (κ1) is 11.0. The molecule has 2 heteroatoms. The van der Waals surface area contributed by atoms with Crippen LogP contribution < -0.4 is 5.73 Å². The molecule has 0 aromatic heterocycles. The fourth-order valence-electron chi connectivity index (χ4n) is 2.07. The first-order valence-electron chi connectivity index (χ1n) is 5.68. The van der Waals surface area contributed by atoms with Crippen molar-refractivity contribution < 1.29 is 0 Å². The topological polar surface area (TPSA) is 26.0 Å². The molecule has 2 atom stereocenters. The van der Waals surface area contributed by atoms with E-state index in [2.05, 4.69) is 31.2 Å². The van der Waals surface area contributed by atoms with Crippen LogP contribution in [0.4, 0.5) is 0 Å². The van der Waals surface area contributed by atoms with Crippen molar-refractivity contribution in [2.24, 2.45) is 5.73 Å². The lowest BCUT2D eigenvalue weighted by atomic mass is 10.0. The van der Waals surface area contributed by atoms with Gasteiger partial charge in [0.15, 0.2) is 0 Å². The predicted octanol–water partition coefficient (Wildman–Crippen LogP) is 2.76. The quantitative estimate of drug-likeness (QED) is 0.849. The minimum atomic E-state index is 0.334. The third kappa shape index (κ3) is 2.99. The minimum Gasteiger partial charge on any atom is -0.326 e. The molecule has 0 bridgehead atoms. The Balaban J connectivity index is 1.92. The molecule has 0 aliphatic carbocycles. The summed E-state index contributed by atoms with van der Waals surface area (Å²) in [6, 6.07) is 9.08. The lowest BCUT2D eigenvalue weighted by Crippen LogP contribution is -2.33. The zero-order valence-electron chi connectivity index (χ0n) is 9.28. The number of thioether (sulfide) groups is 1. The molecule has 2 N–H and O–H groups in total. The lowest BCUT2D eigenvalue weighted by Gasteiger charge is -2.18. The molecule has 2 rings (SSSR count). The lowest BCUT2D eigenvalue weighted by molar-refractivity contribution is 0.609. The number of hydrogen-bond acceptors (Lipinski definition) is 2. The molecule has 1 aromatic rings. The molecule has 15 heavy (non-hydrogen) atoms. The van der Waals surface area contributed by atoms with Crippen LogP contribution >= 0.6 is 11.8 Å². The Bertz CT molecular complexity index is 301. The van der Waals surface area contributed by atoms with E-state index in [4.69, 9.17) is 5.73 Å². The Morgan fingerprint density at radius 2 is 2.13 bits per heavy atom. The van der Waals surface area contributed by atoms with Gasteiger partial charge in [-0.25, -0.2) is 0 Å². The van der Waals surface area contributed by atoms with E-state index in [0.29, 0.717) is 11.3 Å². The molecule has 0 spiro atoms. The Morgan fingerprint density at radius 1 is 1.40 bits per heavy atom. The molecule has 1 aromatic carbocycles. The van der Waals surface area contributed by atoms with Crippen molar-refractivity contribution in [1.82, 2.24) is 0 Å². The summed E-state index contributed by atoms with van der Waals surface area (Å²) in [7, 11) is 0. The van der Waals surface area contributed by atoms with E-state index < -0.39 is 0 Å². The van der Waals surface area contributed by atoms with Crippen molar-refractivity contribution in [3.63, 3.8) is 0 Å². The molecule has 2 unspecified atom stereocenters. The molecule has 1 saturated heterocycles. The highest BCUT2D eigenvalue weighted by Crippen LogP contribution is 2.29. The number of hydrogen-bond donors (Lipinski definition) is 1. The second-order valence-electron chi connectivity index (χ2n) is 4.41. The van der Waals surface area contributed by atoms with E-state index in [1.807, 2.05) is 11.8 Å². The molecule has 1 nitrogen and oxygen atoms in total. The van der Waals surface area contributed by atoms with Gasteiger partial charge in [-0.05, 0) is 37.5 Å². The number of rotatable bonds is 3. The van der Waals surface area contributed by atoms with Crippen LogP contribution in [0.15, 0.2) is 24.3 Å². The zero-order valence-corrected chi connectivity index (χ0v) is 10.1. The monoisotopic (exact) mass is 221 g/mol. The summed E-state index contributed by atoms with van der Waals surface area (Å²) >= 11 is 2.05. The molecular formula is C13H19NS. The van der Waals surface area contributed by atoms with Gasteiger partial charge in [0, 0.05) is 11.3 Å². The third-order valence-electron chi connectivity index (χ3n) is 3.03. The second kappa shape index (κ2) is 5.04. The molecule has 1 heterocycles. The van der Waals surface area contributed by atoms with Crippen molar-refractivity contribution in [2.75, 3.05) is 5.75 Å². The van der Waals surface area contributed by atoms with Gasteiger partial charge in [0.25, 0.3) is 0 Å². The second-order valence-corrected chi connectivity index (χ2v) is 5.75. The van der Waals surface area contributed by atoms with Crippen molar-refractivity contribution in [3.05, 3.63) is 35.4 Å². The Kier molecular flexibility index (Phi) is 3.71. The molecule has 1 fully saturated rings. The highest BCUT2D eigenvalue weighted by molar-refractivity contribution is 8.00. The van der Waals surface area contributed by atoms with Crippen molar-refractivity contribution in [2.45, 2.75) is 37.5 Å². The van der Waals surface area contributed by atoms with E-state index in [-0.39, 0.29) is 0 Å². The van der Waals surface area contributed by atoms with Crippen LogP contribution in [0.3, 0.4) is 0 Å². The van der Waals surface area contributed by atoms with Crippen LogP contribution in [0.25, 0.3) is 0 Å². The standard InChI is InChI=1S/C13H19NS/c1-10-4-6-11(7-5-10)9-12(14)13-3-2-8-15-13/h4-7,12-13H,2-3,8-9,14H2,1H3. The van der Waals surface area contributed by atoms with Crippen LogP contribution in [0, 0.1) is 6.92 Å². The SMILES string of the molecule is Cc1ccc(CC(N)C2CCCS2)cc1. The summed E-state index contributed by atoms with van der Waals surface area (Å²) in [5.41, 5.74) is 8.93. The van der Waals surface area contributed by atoms with Crippen molar-refractivity contribution in [3.8, 4) is 0 Å². The van der Waals surface area contributed by atoms with Crippen LogP contribution in [-0.4, -0.2) is 17.0 Å². The van der Waals surface area contributed by atoms with E-state index in [1.54, 1.807) is 0 Å². The average Bonchev–Trinajstić information content (AvgIpc) is 2.74. The fourth-order valence-corrected chi connectivity index (χ4v) is 3.38. The van der Waals surface area contributed by atoms with Crippen LogP contribution in [0.2, 0.25) is 0 Å². The van der Waals surface area contributed by atoms with E-state index >= 15 is 0 Å². The van der Waals surface area contributed by atoms with Gasteiger partial charge >= 0.3 is 0 Å². The normalized spacial score (nSPS) is 22.9. The zero-order chi connectivity index (χ0) is 10.7. The van der Waals surface area contributed by atoms with Gasteiger partial charge in [0.05, 0.1) is 0 Å². The summed E-state index contributed by atoms with van der Waals surface area (Å²) in [5, 5.41) is 0.686. The van der Waals surface area contributed by atoms with Gasteiger partial charge in [-0.1, -0.05) is 29.8 Å². The highest BCUT2D eigenvalue weighted by atomic mass is 32.2. The molecule has 1 aliphatic heterocycles. The molecule has 0 amide bonds. The molecule has 0 radical (unpaired) electrons. The molecule has 1 aliphatic rings. The van der Waals surface area contributed by atoms with E-state index in [1.165, 1.54) is 29.7 Å². The summed E-state index contributed by atoms with van der Waals surface area (Å²) < 4.78 is 0. The summed E-state index contributed by atoms with van der Waals surface area (Å²) in [6.45, 7) is 2.12. The van der Waals surface area contributed by atoms with Gasteiger partial charge in [-0.15, -0.1) is 0 Å². The van der Waals surface area contributed by atoms with Gasteiger partial charge in [0.1, 0.15) is 0 Å². The molecular weight excluding hydrogens is 202 g/mol. The summed E-state index contributed by atoms with van der Waals surface area (Å²) in [6.07, 6.45) is 3.67. The van der Waals surface area contributed by atoms with Crippen LogP contribution in [0.1, 0.15) is 24.0 Å². The smallest absolute Gasteiger partial charge is 0.0202 e. The van der Waals surface area contributed by atoms with Gasteiger partial charge in [-0.2, -0.15) is 11.8 Å². The van der Waals surface area contributed by atoms with Gasteiger partial charge in [0.2, 0.25) is 0 Å².